The monoisotopic (exact) mass is 429 g/mol. The summed E-state index contributed by atoms with van der Waals surface area (Å²) in [6, 6.07) is 8.82. The molecule has 1 heterocycles. The van der Waals surface area contributed by atoms with E-state index in [2.05, 4.69) is 15.9 Å². The quantitative estimate of drug-likeness (QED) is 0.418. The van der Waals surface area contributed by atoms with Crippen molar-refractivity contribution >= 4 is 67.5 Å². The number of aryl methyl sites for hydroxylation is 1. The summed E-state index contributed by atoms with van der Waals surface area (Å²) in [7, 11) is 0. The van der Waals surface area contributed by atoms with Gasteiger partial charge in [-0.15, -0.1) is 0 Å². The summed E-state index contributed by atoms with van der Waals surface area (Å²) in [6.07, 6.45) is 2.49. The molecule has 1 aromatic heterocycles. The highest BCUT2D eigenvalue weighted by molar-refractivity contribution is 9.10. The second kappa shape index (κ2) is 6.48. The molecule has 0 unspecified atom stereocenters. The van der Waals surface area contributed by atoms with Crippen molar-refractivity contribution < 1.29 is 4.79 Å². The molecule has 0 aliphatic rings. The second-order valence-electron chi connectivity index (χ2n) is 5.04. The summed E-state index contributed by atoms with van der Waals surface area (Å²) in [6.45, 7) is 1.99. The van der Waals surface area contributed by atoms with Crippen LogP contribution in [0.3, 0.4) is 0 Å². The van der Waals surface area contributed by atoms with Gasteiger partial charge >= 0.3 is 0 Å². The Bertz CT molecular complexity index is 933. The third-order valence-electron chi connectivity index (χ3n) is 3.70. The van der Waals surface area contributed by atoms with Crippen LogP contribution in [-0.4, -0.2) is 10.5 Å². The molecule has 0 saturated heterocycles. The van der Waals surface area contributed by atoms with Gasteiger partial charge in [0, 0.05) is 16.1 Å². The van der Waals surface area contributed by atoms with Gasteiger partial charge in [0.2, 0.25) is 0 Å². The Morgan fingerprint density at radius 2 is 1.87 bits per heavy atom. The molecule has 2 aromatic carbocycles. The molecule has 0 spiro atoms. The van der Waals surface area contributed by atoms with Gasteiger partial charge in [-0.05, 0) is 46.1 Å². The van der Waals surface area contributed by atoms with E-state index in [9.17, 15) is 4.79 Å². The number of carbonyl (C=O) groups excluding carboxylic acids is 1. The predicted octanol–water partition coefficient (Wildman–Crippen LogP) is 6.61. The maximum absolute atomic E-state index is 13.0. The Morgan fingerprint density at radius 3 is 2.52 bits per heavy atom. The molecular weight excluding hydrogens is 420 g/mol. The van der Waals surface area contributed by atoms with Crippen molar-refractivity contribution in [2.45, 2.75) is 13.3 Å². The van der Waals surface area contributed by atoms with Gasteiger partial charge in [0.1, 0.15) is 0 Å². The SMILES string of the molecule is CCc1cn(C(=O)c2ccccc2Br)c2c(Cl)cc(Cl)c(Cl)c12. The Hall–Kier alpha value is -1.000. The molecule has 0 radical (unpaired) electrons. The van der Waals surface area contributed by atoms with Crippen LogP contribution in [0.4, 0.5) is 0 Å². The Morgan fingerprint density at radius 1 is 1.17 bits per heavy atom. The molecule has 23 heavy (non-hydrogen) atoms. The summed E-state index contributed by atoms with van der Waals surface area (Å²) in [4.78, 5) is 13.0. The first-order chi connectivity index (χ1) is 11.0. The summed E-state index contributed by atoms with van der Waals surface area (Å²) in [5, 5.41) is 1.92. The fraction of sp³-hybridized carbons (Fsp3) is 0.118. The van der Waals surface area contributed by atoms with Crippen LogP contribution in [0.2, 0.25) is 15.1 Å². The van der Waals surface area contributed by atoms with E-state index in [4.69, 9.17) is 34.8 Å². The molecule has 118 valence electrons. The maximum Gasteiger partial charge on any atom is 0.263 e. The number of nitrogens with zero attached hydrogens (tertiary/aromatic N) is 1. The molecular formula is C17H11BrCl3NO. The van der Waals surface area contributed by atoms with Crippen molar-refractivity contribution in [3.05, 3.63) is 67.2 Å². The number of aromatic nitrogens is 1. The molecule has 0 aliphatic heterocycles. The van der Waals surface area contributed by atoms with Crippen LogP contribution in [0.1, 0.15) is 22.8 Å². The summed E-state index contributed by atoms with van der Waals surface area (Å²) < 4.78 is 2.26. The lowest BCUT2D eigenvalue weighted by atomic mass is 10.1. The van der Waals surface area contributed by atoms with E-state index in [-0.39, 0.29) is 5.91 Å². The van der Waals surface area contributed by atoms with Gasteiger partial charge in [0.15, 0.2) is 0 Å². The molecule has 3 rings (SSSR count). The number of rotatable bonds is 2. The predicted molar refractivity (Wildman–Crippen MR) is 100 cm³/mol. The fourth-order valence-electron chi connectivity index (χ4n) is 2.59. The van der Waals surface area contributed by atoms with Gasteiger partial charge in [0.25, 0.3) is 5.91 Å². The van der Waals surface area contributed by atoms with Crippen LogP contribution in [0.25, 0.3) is 10.9 Å². The number of fused-ring (bicyclic) bond motifs is 1. The third-order valence-corrected chi connectivity index (χ3v) is 5.46. The third kappa shape index (κ3) is 2.80. The average molecular weight is 432 g/mol. The van der Waals surface area contributed by atoms with Crippen molar-refractivity contribution in [3.8, 4) is 0 Å². The van der Waals surface area contributed by atoms with Crippen molar-refractivity contribution in [1.29, 1.82) is 0 Å². The van der Waals surface area contributed by atoms with Gasteiger partial charge in [-0.3, -0.25) is 9.36 Å². The molecule has 3 aromatic rings. The lowest BCUT2D eigenvalue weighted by molar-refractivity contribution is 0.0964. The van der Waals surface area contributed by atoms with Crippen LogP contribution in [0.5, 0.6) is 0 Å². The van der Waals surface area contributed by atoms with E-state index in [0.29, 0.717) is 32.6 Å². The summed E-state index contributed by atoms with van der Waals surface area (Å²) in [5.41, 5.74) is 2.06. The Kier molecular flexibility index (Phi) is 4.75. The first kappa shape index (κ1) is 16.8. The zero-order chi connectivity index (χ0) is 16.7. The minimum absolute atomic E-state index is 0.178. The smallest absolute Gasteiger partial charge is 0.263 e. The number of carbonyl (C=O) groups is 1. The van der Waals surface area contributed by atoms with Gasteiger partial charge in [-0.1, -0.05) is 53.9 Å². The number of hydrogen-bond acceptors (Lipinski definition) is 1. The standard InChI is InChI=1S/C17H11BrCl3NO/c1-2-9-8-22(17(23)10-5-3-4-6-11(10)18)16-13(20)7-12(19)15(21)14(9)16/h3-8H,2H2,1H3. The Balaban J connectivity index is 2.33. The first-order valence-corrected chi connectivity index (χ1v) is 8.85. The topological polar surface area (TPSA) is 22.0 Å². The van der Waals surface area contributed by atoms with E-state index in [1.54, 1.807) is 22.9 Å². The van der Waals surface area contributed by atoms with E-state index in [1.807, 2.05) is 25.1 Å². The van der Waals surface area contributed by atoms with Gasteiger partial charge in [-0.2, -0.15) is 0 Å². The van der Waals surface area contributed by atoms with Crippen LogP contribution >= 0.6 is 50.7 Å². The fourth-order valence-corrected chi connectivity index (χ4v) is 3.87. The molecule has 6 heteroatoms. The molecule has 0 amide bonds. The molecule has 0 aliphatic carbocycles. The zero-order valence-electron chi connectivity index (χ0n) is 12.0. The van der Waals surface area contributed by atoms with E-state index in [1.165, 1.54) is 0 Å². The van der Waals surface area contributed by atoms with Gasteiger partial charge < -0.3 is 0 Å². The van der Waals surface area contributed by atoms with Crippen LogP contribution < -0.4 is 0 Å². The van der Waals surface area contributed by atoms with Crippen molar-refractivity contribution in [1.82, 2.24) is 4.57 Å². The maximum atomic E-state index is 13.0. The minimum Gasteiger partial charge on any atom is -0.281 e. The van der Waals surface area contributed by atoms with Crippen molar-refractivity contribution in [2.75, 3.05) is 0 Å². The number of benzene rings is 2. The molecule has 0 atom stereocenters. The highest BCUT2D eigenvalue weighted by Gasteiger charge is 2.21. The second-order valence-corrected chi connectivity index (χ2v) is 7.09. The summed E-state index contributed by atoms with van der Waals surface area (Å²) in [5.74, 6) is -0.178. The van der Waals surface area contributed by atoms with E-state index >= 15 is 0 Å². The lowest BCUT2D eigenvalue weighted by Crippen LogP contribution is -2.11. The average Bonchev–Trinajstić information content (AvgIpc) is 2.92. The van der Waals surface area contributed by atoms with E-state index in [0.717, 1.165) is 15.4 Å². The molecule has 0 bridgehead atoms. The zero-order valence-corrected chi connectivity index (χ0v) is 15.9. The van der Waals surface area contributed by atoms with Gasteiger partial charge in [-0.25, -0.2) is 0 Å². The summed E-state index contributed by atoms with van der Waals surface area (Å²) >= 11 is 22.3. The highest BCUT2D eigenvalue weighted by Crippen LogP contribution is 2.39. The van der Waals surface area contributed by atoms with Crippen LogP contribution in [0.15, 0.2) is 41.0 Å². The first-order valence-electron chi connectivity index (χ1n) is 6.92. The van der Waals surface area contributed by atoms with Gasteiger partial charge in [0.05, 0.1) is 26.1 Å². The van der Waals surface area contributed by atoms with E-state index < -0.39 is 0 Å². The van der Waals surface area contributed by atoms with Crippen molar-refractivity contribution in [3.63, 3.8) is 0 Å². The highest BCUT2D eigenvalue weighted by atomic mass is 79.9. The van der Waals surface area contributed by atoms with Crippen molar-refractivity contribution in [2.24, 2.45) is 0 Å². The normalized spacial score (nSPS) is 11.2. The largest absolute Gasteiger partial charge is 0.281 e. The lowest BCUT2D eigenvalue weighted by Gasteiger charge is -2.08. The number of hydrogen-bond donors (Lipinski definition) is 0. The molecule has 0 N–H and O–H groups in total. The molecule has 0 saturated carbocycles. The Labute approximate surface area is 157 Å². The van der Waals surface area contributed by atoms with Crippen LogP contribution in [0, 0.1) is 0 Å². The molecule has 0 fully saturated rings. The van der Waals surface area contributed by atoms with Crippen LogP contribution in [-0.2, 0) is 6.42 Å². The minimum atomic E-state index is -0.178. The number of halogens is 4. The molecule has 2 nitrogen and oxygen atoms in total.